The molecule has 4 N–H and O–H groups in total. The molecule has 110 valence electrons. The second-order valence-electron chi connectivity index (χ2n) is 4.78. The molecule has 1 amide bonds. The van der Waals surface area contributed by atoms with Crippen molar-refractivity contribution in [1.82, 2.24) is 5.32 Å². The quantitative estimate of drug-likeness (QED) is 0.317. The number of carbonyl (C=O) groups is 1. The van der Waals surface area contributed by atoms with E-state index in [0.29, 0.717) is 12.0 Å². The minimum absolute atomic E-state index is 0.0186. The van der Waals surface area contributed by atoms with Gasteiger partial charge in [0.15, 0.2) is 5.84 Å². The predicted octanol–water partition coefficient (Wildman–Crippen LogP) is 1.40. The molecular weight excluding hydrogens is 256 g/mol. The van der Waals surface area contributed by atoms with Gasteiger partial charge in [0.05, 0.1) is 6.04 Å². The van der Waals surface area contributed by atoms with Gasteiger partial charge in [-0.15, -0.1) is 0 Å². The van der Waals surface area contributed by atoms with E-state index in [9.17, 15) is 4.79 Å². The molecule has 1 unspecified atom stereocenters. The molecule has 0 radical (unpaired) electrons. The Kier molecular flexibility index (Phi) is 5.83. The maximum Gasteiger partial charge on any atom is 0.251 e. The zero-order valence-corrected chi connectivity index (χ0v) is 12.1. The molecule has 1 aromatic rings. The first-order valence-electron chi connectivity index (χ1n) is 6.55. The summed E-state index contributed by atoms with van der Waals surface area (Å²) in [5, 5.41) is 14.4. The second kappa shape index (κ2) is 7.37. The van der Waals surface area contributed by atoms with E-state index in [1.807, 2.05) is 38.1 Å². The number of amides is 1. The monoisotopic (exact) mass is 278 g/mol. The zero-order valence-electron chi connectivity index (χ0n) is 12.1. The minimum atomic E-state index is -0.453. The maximum atomic E-state index is 12.1. The lowest BCUT2D eigenvalue weighted by molar-refractivity contribution is 0.0945. The number of nitrogens with two attached hydrogens (primary N) is 1. The summed E-state index contributed by atoms with van der Waals surface area (Å²) in [5.74, 6) is -0.217. The number of nitrogens with zero attached hydrogens (tertiary/aromatic N) is 2. The molecule has 0 aliphatic carbocycles. The number of carbonyl (C=O) groups excluding carboxylic acids is 1. The van der Waals surface area contributed by atoms with Gasteiger partial charge in [-0.2, -0.15) is 0 Å². The summed E-state index contributed by atoms with van der Waals surface area (Å²) >= 11 is 0. The van der Waals surface area contributed by atoms with Crippen LogP contribution in [0, 0.1) is 0 Å². The topological polar surface area (TPSA) is 91.0 Å². The normalized spacial score (nSPS) is 12.8. The van der Waals surface area contributed by atoms with E-state index in [4.69, 9.17) is 10.9 Å². The van der Waals surface area contributed by atoms with Gasteiger partial charge in [0.25, 0.3) is 5.91 Å². The number of benzene rings is 1. The third-order valence-electron chi connectivity index (χ3n) is 3.00. The van der Waals surface area contributed by atoms with E-state index >= 15 is 0 Å². The first kappa shape index (κ1) is 15.8. The van der Waals surface area contributed by atoms with Gasteiger partial charge in [-0.25, -0.2) is 0 Å². The summed E-state index contributed by atoms with van der Waals surface area (Å²) in [6.45, 7) is 1.97. The summed E-state index contributed by atoms with van der Waals surface area (Å²) in [6.07, 6.45) is 1.44. The molecule has 0 saturated carbocycles. The Balaban J connectivity index is 2.78. The lowest BCUT2D eigenvalue weighted by atomic mass is 10.1. The Hall–Kier alpha value is -2.24. The molecule has 6 heteroatoms. The third kappa shape index (κ3) is 4.15. The van der Waals surface area contributed by atoms with Crippen LogP contribution in [0.4, 0.5) is 5.69 Å². The zero-order chi connectivity index (χ0) is 15.1. The Bertz CT molecular complexity index is 469. The highest BCUT2D eigenvalue weighted by Gasteiger charge is 2.17. The van der Waals surface area contributed by atoms with Gasteiger partial charge in [-0.3, -0.25) is 4.79 Å². The van der Waals surface area contributed by atoms with Crippen LogP contribution in [-0.2, 0) is 0 Å². The fourth-order valence-electron chi connectivity index (χ4n) is 1.80. The van der Waals surface area contributed by atoms with Crippen LogP contribution in [0.2, 0.25) is 0 Å². The Morgan fingerprint density at radius 1 is 1.40 bits per heavy atom. The van der Waals surface area contributed by atoms with Gasteiger partial charge >= 0.3 is 0 Å². The molecule has 20 heavy (non-hydrogen) atoms. The van der Waals surface area contributed by atoms with Crippen LogP contribution < -0.4 is 16.0 Å². The van der Waals surface area contributed by atoms with Crippen molar-refractivity contribution in [2.24, 2.45) is 10.9 Å². The first-order valence-corrected chi connectivity index (χ1v) is 6.55. The van der Waals surface area contributed by atoms with Crippen molar-refractivity contribution >= 4 is 17.4 Å². The predicted molar refractivity (Wildman–Crippen MR) is 80.3 cm³/mol. The van der Waals surface area contributed by atoms with Crippen molar-refractivity contribution in [3.63, 3.8) is 0 Å². The van der Waals surface area contributed by atoms with E-state index in [1.54, 1.807) is 12.1 Å². The van der Waals surface area contributed by atoms with Gasteiger partial charge < -0.3 is 21.2 Å². The molecule has 0 aliphatic heterocycles. The van der Waals surface area contributed by atoms with Gasteiger partial charge in [0, 0.05) is 25.3 Å². The number of hydrogen-bond acceptors (Lipinski definition) is 4. The number of amidine groups is 1. The van der Waals surface area contributed by atoms with Crippen LogP contribution in [0.5, 0.6) is 0 Å². The SMILES string of the molecule is CCCC(NC(=O)c1ccc(N(C)C)cc1)/C(N)=N/O. The molecule has 1 atom stereocenters. The molecule has 0 aromatic heterocycles. The van der Waals surface area contributed by atoms with Gasteiger partial charge in [-0.05, 0) is 30.7 Å². The average molecular weight is 278 g/mol. The van der Waals surface area contributed by atoms with Gasteiger partial charge in [0.1, 0.15) is 0 Å². The molecule has 0 spiro atoms. The van der Waals surface area contributed by atoms with Crippen LogP contribution in [0.1, 0.15) is 30.1 Å². The van der Waals surface area contributed by atoms with Crippen molar-refractivity contribution in [3.8, 4) is 0 Å². The van der Waals surface area contributed by atoms with E-state index < -0.39 is 6.04 Å². The molecule has 0 bridgehead atoms. The van der Waals surface area contributed by atoms with Crippen molar-refractivity contribution in [2.75, 3.05) is 19.0 Å². The summed E-state index contributed by atoms with van der Waals surface area (Å²) in [5.41, 5.74) is 7.13. The number of nitrogens with one attached hydrogen (secondary N) is 1. The van der Waals surface area contributed by atoms with Gasteiger partial charge in [-0.1, -0.05) is 18.5 Å². The van der Waals surface area contributed by atoms with Crippen molar-refractivity contribution in [3.05, 3.63) is 29.8 Å². The van der Waals surface area contributed by atoms with Crippen LogP contribution in [0.25, 0.3) is 0 Å². The Labute approximate surface area is 119 Å². The number of hydrogen-bond donors (Lipinski definition) is 3. The summed E-state index contributed by atoms with van der Waals surface area (Å²) in [6, 6.07) is 6.78. The van der Waals surface area contributed by atoms with Crippen LogP contribution in [-0.4, -0.2) is 37.1 Å². The van der Waals surface area contributed by atoms with Gasteiger partial charge in [0.2, 0.25) is 0 Å². The highest BCUT2D eigenvalue weighted by molar-refractivity contribution is 5.98. The molecule has 0 saturated heterocycles. The standard InChI is InChI=1S/C14H22N4O2/c1-4-5-12(13(15)17-20)16-14(19)10-6-8-11(9-7-10)18(2)3/h6-9,12,20H,4-5H2,1-3H3,(H2,15,17)(H,16,19). The van der Waals surface area contributed by atoms with Crippen molar-refractivity contribution in [1.29, 1.82) is 0 Å². The molecule has 0 heterocycles. The molecule has 0 aliphatic rings. The molecule has 6 nitrogen and oxygen atoms in total. The molecule has 1 rings (SSSR count). The van der Waals surface area contributed by atoms with Crippen molar-refractivity contribution in [2.45, 2.75) is 25.8 Å². The van der Waals surface area contributed by atoms with E-state index in [2.05, 4.69) is 10.5 Å². The molecule has 1 aromatic carbocycles. The molecular formula is C14H22N4O2. The highest BCUT2D eigenvalue weighted by atomic mass is 16.4. The number of anilines is 1. The fourth-order valence-corrected chi connectivity index (χ4v) is 1.80. The number of rotatable bonds is 6. The summed E-state index contributed by atoms with van der Waals surface area (Å²) in [7, 11) is 3.87. The minimum Gasteiger partial charge on any atom is -0.409 e. The number of oxime groups is 1. The molecule has 0 fully saturated rings. The van der Waals surface area contributed by atoms with Crippen LogP contribution in [0.15, 0.2) is 29.4 Å². The second-order valence-corrected chi connectivity index (χ2v) is 4.78. The lowest BCUT2D eigenvalue weighted by Gasteiger charge is -2.17. The fraction of sp³-hybridized carbons (Fsp3) is 0.429. The Morgan fingerprint density at radius 2 is 2.00 bits per heavy atom. The van der Waals surface area contributed by atoms with Crippen LogP contribution >= 0.6 is 0 Å². The van der Waals surface area contributed by atoms with E-state index in [0.717, 1.165) is 12.1 Å². The van der Waals surface area contributed by atoms with Crippen LogP contribution in [0.3, 0.4) is 0 Å². The maximum absolute atomic E-state index is 12.1. The third-order valence-corrected chi connectivity index (χ3v) is 3.00. The van der Waals surface area contributed by atoms with E-state index in [1.165, 1.54) is 0 Å². The largest absolute Gasteiger partial charge is 0.409 e. The first-order chi connectivity index (χ1) is 9.49. The average Bonchev–Trinajstić information content (AvgIpc) is 2.45. The lowest BCUT2D eigenvalue weighted by Crippen LogP contribution is -2.44. The summed E-state index contributed by atoms with van der Waals surface area (Å²) in [4.78, 5) is 14.1. The Morgan fingerprint density at radius 3 is 2.45 bits per heavy atom. The van der Waals surface area contributed by atoms with Crippen molar-refractivity contribution < 1.29 is 10.0 Å². The smallest absolute Gasteiger partial charge is 0.251 e. The summed E-state index contributed by atoms with van der Waals surface area (Å²) < 4.78 is 0. The van der Waals surface area contributed by atoms with E-state index in [-0.39, 0.29) is 11.7 Å². The highest BCUT2D eigenvalue weighted by Crippen LogP contribution is 2.12.